The van der Waals surface area contributed by atoms with Crippen LogP contribution < -0.4 is 0 Å². The van der Waals surface area contributed by atoms with Gasteiger partial charge in [0.1, 0.15) is 0 Å². The predicted molar refractivity (Wildman–Crippen MR) is 59.2 cm³/mol. The third kappa shape index (κ3) is 3.53. The normalized spacial score (nSPS) is 9.80. The molecule has 1 aromatic rings. The van der Waals surface area contributed by atoms with Crippen molar-refractivity contribution in [2.75, 3.05) is 0 Å². The van der Waals surface area contributed by atoms with Crippen molar-refractivity contribution >= 4 is 33.9 Å². The maximum Gasteiger partial charge on any atom is 0.324 e. The minimum Gasteiger partial charge on any atom is -0.255 e. The van der Waals surface area contributed by atoms with Crippen LogP contribution in [-0.2, 0) is 6.54 Å². The van der Waals surface area contributed by atoms with Gasteiger partial charge in [-0.3, -0.25) is 14.5 Å². The Morgan fingerprint density at radius 3 is 2.00 bits per heavy atom. The van der Waals surface area contributed by atoms with Gasteiger partial charge in [0.05, 0.1) is 6.54 Å². The molecule has 0 aliphatic rings. The second kappa shape index (κ2) is 5.14. The van der Waals surface area contributed by atoms with Crippen LogP contribution in [0.1, 0.15) is 11.1 Å². The number of benzene rings is 1. The Bertz CT molecular complexity index is 362. The first kappa shape index (κ1) is 12.0. The zero-order chi connectivity index (χ0) is 11.4. The van der Waals surface area contributed by atoms with E-state index in [-0.39, 0.29) is 6.54 Å². The molecule has 0 N–H and O–H groups in total. The number of carbonyl (C=O) groups excluding carboxylic acids is 2. The number of amides is 2. The summed E-state index contributed by atoms with van der Waals surface area (Å²) < 4.78 is 0. The zero-order valence-corrected chi connectivity index (χ0v) is 9.55. The quantitative estimate of drug-likeness (QED) is 0.591. The molecule has 0 aromatic heterocycles. The fourth-order valence-electron chi connectivity index (χ4n) is 1.07. The lowest BCUT2D eigenvalue weighted by molar-refractivity contribution is 0.212. The summed E-state index contributed by atoms with van der Waals surface area (Å²) in [5.41, 5.74) is 1.89. The van der Waals surface area contributed by atoms with Crippen molar-refractivity contribution in [2.45, 2.75) is 13.5 Å². The van der Waals surface area contributed by atoms with Gasteiger partial charge in [-0.1, -0.05) is 29.8 Å². The van der Waals surface area contributed by atoms with Crippen LogP contribution in [0.15, 0.2) is 24.3 Å². The summed E-state index contributed by atoms with van der Waals surface area (Å²) in [6.45, 7) is 2.03. The van der Waals surface area contributed by atoms with E-state index in [4.69, 9.17) is 23.2 Å². The third-order valence-electron chi connectivity index (χ3n) is 1.89. The monoisotopic (exact) mass is 245 g/mol. The molecule has 0 aliphatic heterocycles. The number of imide groups is 1. The van der Waals surface area contributed by atoms with E-state index in [1.165, 1.54) is 0 Å². The highest BCUT2D eigenvalue weighted by atomic mass is 35.5. The number of rotatable bonds is 2. The van der Waals surface area contributed by atoms with Gasteiger partial charge in [-0.2, -0.15) is 0 Å². The van der Waals surface area contributed by atoms with Crippen LogP contribution >= 0.6 is 23.2 Å². The van der Waals surface area contributed by atoms with Gasteiger partial charge in [0.2, 0.25) is 0 Å². The van der Waals surface area contributed by atoms with Crippen molar-refractivity contribution < 1.29 is 9.59 Å². The fraction of sp³-hybridized carbons (Fsp3) is 0.200. The summed E-state index contributed by atoms with van der Waals surface area (Å²) in [4.78, 5) is 22.4. The molecular formula is C10H9Cl2NO2. The predicted octanol–water partition coefficient (Wildman–Crippen LogP) is 3.51. The van der Waals surface area contributed by atoms with Gasteiger partial charge < -0.3 is 0 Å². The zero-order valence-electron chi connectivity index (χ0n) is 8.04. The minimum atomic E-state index is -0.879. The van der Waals surface area contributed by atoms with E-state index in [2.05, 4.69) is 0 Å². The van der Waals surface area contributed by atoms with E-state index in [0.717, 1.165) is 16.0 Å². The van der Waals surface area contributed by atoms with Crippen LogP contribution in [0.4, 0.5) is 9.59 Å². The summed E-state index contributed by atoms with van der Waals surface area (Å²) in [6, 6.07) is 7.37. The van der Waals surface area contributed by atoms with Gasteiger partial charge in [-0.15, -0.1) is 0 Å². The van der Waals surface area contributed by atoms with Crippen LogP contribution in [0.5, 0.6) is 0 Å². The molecule has 80 valence electrons. The van der Waals surface area contributed by atoms with Crippen molar-refractivity contribution in [3.63, 3.8) is 0 Å². The standard InChI is InChI=1S/C10H9Cl2NO2/c1-7-2-4-8(5-3-7)6-13(9(11)14)10(12)15/h2-5H,6H2,1H3. The minimum absolute atomic E-state index is 0.0882. The van der Waals surface area contributed by atoms with Gasteiger partial charge >= 0.3 is 10.7 Å². The molecule has 0 atom stereocenters. The molecule has 15 heavy (non-hydrogen) atoms. The maximum atomic E-state index is 10.8. The number of carbonyl (C=O) groups is 2. The topological polar surface area (TPSA) is 37.4 Å². The highest BCUT2D eigenvalue weighted by Gasteiger charge is 2.17. The molecule has 0 saturated heterocycles. The summed E-state index contributed by atoms with van der Waals surface area (Å²) in [6.07, 6.45) is 0. The lowest BCUT2D eigenvalue weighted by Gasteiger charge is -2.13. The van der Waals surface area contributed by atoms with Crippen LogP contribution in [0, 0.1) is 6.92 Å². The first-order valence-electron chi connectivity index (χ1n) is 4.22. The first-order chi connectivity index (χ1) is 7.00. The second-order valence-corrected chi connectivity index (χ2v) is 3.72. The molecular weight excluding hydrogens is 237 g/mol. The SMILES string of the molecule is Cc1ccc(CN(C(=O)Cl)C(=O)Cl)cc1. The molecule has 0 aliphatic carbocycles. The van der Waals surface area contributed by atoms with Crippen molar-refractivity contribution in [1.82, 2.24) is 4.90 Å². The number of halogens is 2. The molecule has 1 rings (SSSR count). The van der Waals surface area contributed by atoms with Gasteiger partial charge in [-0.25, -0.2) is 0 Å². The highest BCUT2D eigenvalue weighted by molar-refractivity contribution is 6.70. The van der Waals surface area contributed by atoms with Crippen LogP contribution in [0.2, 0.25) is 0 Å². The first-order valence-corrected chi connectivity index (χ1v) is 4.98. The Balaban J connectivity index is 2.79. The molecule has 0 fully saturated rings. The summed E-state index contributed by atoms with van der Waals surface area (Å²) in [7, 11) is 0. The van der Waals surface area contributed by atoms with Crippen LogP contribution in [0.25, 0.3) is 0 Å². The average molecular weight is 246 g/mol. The van der Waals surface area contributed by atoms with Crippen molar-refractivity contribution in [3.05, 3.63) is 35.4 Å². The lowest BCUT2D eigenvalue weighted by atomic mass is 10.1. The number of nitrogens with zero attached hydrogens (tertiary/aromatic N) is 1. The van der Waals surface area contributed by atoms with Crippen LogP contribution in [-0.4, -0.2) is 15.6 Å². The van der Waals surface area contributed by atoms with Crippen molar-refractivity contribution in [3.8, 4) is 0 Å². The van der Waals surface area contributed by atoms with E-state index < -0.39 is 10.7 Å². The molecule has 0 saturated carbocycles. The fourth-order valence-corrected chi connectivity index (χ4v) is 1.39. The molecule has 0 heterocycles. The Morgan fingerprint density at radius 2 is 1.60 bits per heavy atom. The summed E-state index contributed by atoms with van der Waals surface area (Å²) in [5.74, 6) is 0. The Morgan fingerprint density at radius 1 is 1.13 bits per heavy atom. The molecule has 1 aromatic carbocycles. The van der Waals surface area contributed by atoms with Crippen molar-refractivity contribution in [1.29, 1.82) is 0 Å². The van der Waals surface area contributed by atoms with Crippen LogP contribution in [0.3, 0.4) is 0 Å². The number of hydrogen-bond acceptors (Lipinski definition) is 2. The van der Waals surface area contributed by atoms with E-state index >= 15 is 0 Å². The molecule has 0 radical (unpaired) electrons. The Hall–Kier alpha value is -1.06. The van der Waals surface area contributed by atoms with E-state index in [0.29, 0.717) is 0 Å². The molecule has 0 unspecified atom stereocenters. The Labute approximate surface area is 97.6 Å². The molecule has 2 amide bonds. The summed E-state index contributed by atoms with van der Waals surface area (Å²) in [5, 5.41) is -1.76. The smallest absolute Gasteiger partial charge is 0.255 e. The average Bonchev–Trinajstić information content (AvgIpc) is 2.15. The summed E-state index contributed by atoms with van der Waals surface area (Å²) >= 11 is 10.4. The van der Waals surface area contributed by atoms with E-state index in [9.17, 15) is 9.59 Å². The number of hydrogen-bond donors (Lipinski definition) is 0. The van der Waals surface area contributed by atoms with Gasteiger partial charge in [0, 0.05) is 0 Å². The molecule has 5 heteroatoms. The second-order valence-electron chi connectivity index (χ2n) is 3.08. The largest absolute Gasteiger partial charge is 0.324 e. The van der Waals surface area contributed by atoms with E-state index in [1.54, 1.807) is 0 Å². The maximum absolute atomic E-state index is 10.8. The highest BCUT2D eigenvalue weighted by Crippen LogP contribution is 2.11. The van der Waals surface area contributed by atoms with Gasteiger partial charge in [-0.05, 0) is 35.7 Å². The van der Waals surface area contributed by atoms with Gasteiger partial charge in [0.15, 0.2) is 0 Å². The Kier molecular flexibility index (Phi) is 4.12. The molecule has 0 spiro atoms. The van der Waals surface area contributed by atoms with Gasteiger partial charge in [0.25, 0.3) is 0 Å². The molecule has 0 bridgehead atoms. The third-order valence-corrected chi connectivity index (χ3v) is 2.29. The number of aryl methyl sites for hydroxylation is 1. The van der Waals surface area contributed by atoms with Crippen molar-refractivity contribution in [2.24, 2.45) is 0 Å². The molecule has 3 nitrogen and oxygen atoms in total. The van der Waals surface area contributed by atoms with E-state index in [1.807, 2.05) is 31.2 Å². The lowest BCUT2D eigenvalue weighted by Crippen LogP contribution is -2.27.